The molecular formula is C19H22N2O2S. The van der Waals surface area contributed by atoms with E-state index in [0.29, 0.717) is 18.0 Å². The number of amides is 1. The Morgan fingerprint density at radius 2 is 2.17 bits per heavy atom. The van der Waals surface area contributed by atoms with Crippen molar-refractivity contribution in [2.45, 2.75) is 25.4 Å². The summed E-state index contributed by atoms with van der Waals surface area (Å²) in [5.41, 5.74) is 1.89. The Balaban J connectivity index is 1.46. The zero-order chi connectivity index (χ0) is 16.6. The zero-order valence-corrected chi connectivity index (χ0v) is 14.4. The molecule has 1 atom stereocenters. The van der Waals surface area contributed by atoms with Gasteiger partial charge in [-0.1, -0.05) is 30.3 Å². The second kappa shape index (κ2) is 8.73. The topological polar surface area (TPSA) is 51.2 Å². The number of hydrogen-bond acceptors (Lipinski definition) is 4. The number of pyridine rings is 1. The molecule has 1 amide bonds. The molecule has 1 N–H and O–H groups in total. The van der Waals surface area contributed by atoms with Crippen LogP contribution in [0.25, 0.3) is 0 Å². The van der Waals surface area contributed by atoms with Gasteiger partial charge in [0.05, 0.1) is 0 Å². The number of nitrogens with zero attached hydrogens (tertiary/aromatic N) is 1. The predicted molar refractivity (Wildman–Crippen MR) is 97.7 cm³/mol. The van der Waals surface area contributed by atoms with Crippen molar-refractivity contribution in [1.82, 2.24) is 10.3 Å². The van der Waals surface area contributed by atoms with E-state index in [1.54, 1.807) is 18.3 Å². The van der Waals surface area contributed by atoms with Crippen LogP contribution in [0.5, 0.6) is 5.88 Å². The summed E-state index contributed by atoms with van der Waals surface area (Å²) in [4.78, 5) is 16.5. The quantitative estimate of drug-likeness (QED) is 0.784. The molecule has 3 rings (SSSR count). The molecule has 0 aliphatic carbocycles. The molecule has 1 saturated heterocycles. The van der Waals surface area contributed by atoms with E-state index in [-0.39, 0.29) is 12.0 Å². The zero-order valence-electron chi connectivity index (χ0n) is 13.6. The minimum Gasteiger partial charge on any atom is -0.473 e. The molecular weight excluding hydrogens is 320 g/mol. The van der Waals surface area contributed by atoms with Crippen LogP contribution in [0.15, 0.2) is 48.7 Å². The van der Waals surface area contributed by atoms with E-state index >= 15 is 0 Å². The normalized spacial score (nSPS) is 16.8. The molecule has 0 spiro atoms. The van der Waals surface area contributed by atoms with E-state index in [4.69, 9.17) is 4.74 Å². The summed E-state index contributed by atoms with van der Waals surface area (Å²) in [7, 11) is 0. The molecule has 2 heterocycles. The molecule has 1 aromatic heterocycles. The number of hydrogen-bond donors (Lipinski definition) is 1. The maximum atomic E-state index is 12.2. The Bertz CT molecular complexity index is 657. The fraction of sp³-hybridized carbons (Fsp3) is 0.368. The second-order valence-electron chi connectivity index (χ2n) is 5.83. The summed E-state index contributed by atoms with van der Waals surface area (Å²) < 4.78 is 5.84. The van der Waals surface area contributed by atoms with Crippen LogP contribution in [0.4, 0.5) is 0 Å². The van der Waals surface area contributed by atoms with Crippen molar-refractivity contribution >= 4 is 17.7 Å². The van der Waals surface area contributed by atoms with Gasteiger partial charge in [-0.15, -0.1) is 0 Å². The first-order valence-corrected chi connectivity index (χ1v) is 9.49. The van der Waals surface area contributed by atoms with Gasteiger partial charge < -0.3 is 10.1 Å². The number of benzene rings is 1. The number of thioether (sulfide) groups is 1. The average molecular weight is 342 g/mol. The summed E-state index contributed by atoms with van der Waals surface area (Å²) >= 11 is 1.89. The Labute approximate surface area is 147 Å². The molecule has 2 aromatic rings. The Morgan fingerprint density at radius 1 is 1.29 bits per heavy atom. The van der Waals surface area contributed by atoms with Crippen LogP contribution >= 0.6 is 11.8 Å². The van der Waals surface area contributed by atoms with Gasteiger partial charge in [0.25, 0.3) is 5.91 Å². The van der Waals surface area contributed by atoms with Crippen LogP contribution < -0.4 is 10.1 Å². The largest absolute Gasteiger partial charge is 0.473 e. The van der Waals surface area contributed by atoms with Gasteiger partial charge in [0.1, 0.15) is 6.10 Å². The number of aromatic nitrogens is 1. The molecule has 0 saturated carbocycles. The summed E-state index contributed by atoms with van der Waals surface area (Å²) in [6, 6.07) is 13.8. The van der Waals surface area contributed by atoms with Gasteiger partial charge in [-0.05, 0) is 36.6 Å². The Hall–Kier alpha value is -2.01. The number of carbonyl (C=O) groups is 1. The standard InChI is InChI=1S/C19H22N2O2S/c22-19(21-10-4-7-15-5-2-1-3-6-15)16-8-11-20-18(13-16)23-17-9-12-24-14-17/h1-3,5-6,8,11,13,17H,4,7,9-10,12,14H2,(H,21,22)/t17-/m1/s1. The first kappa shape index (κ1) is 16.8. The van der Waals surface area contributed by atoms with E-state index in [1.165, 1.54) is 5.56 Å². The summed E-state index contributed by atoms with van der Waals surface area (Å²) in [6.45, 7) is 0.658. The lowest BCUT2D eigenvalue weighted by Crippen LogP contribution is -2.25. The lowest BCUT2D eigenvalue weighted by atomic mass is 10.1. The Kier molecular flexibility index (Phi) is 6.13. The van der Waals surface area contributed by atoms with Crippen molar-refractivity contribution < 1.29 is 9.53 Å². The fourth-order valence-corrected chi connectivity index (χ4v) is 3.73. The van der Waals surface area contributed by atoms with Crippen molar-refractivity contribution in [3.63, 3.8) is 0 Å². The number of aryl methyl sites for hydroxylation is 1. The molecule has 1 aliphatic heterocycles. The smallest absolute Gasteiger partial charge is 0.251 e. The van der Waals surface area contributed by atoms with Gasteiger partial charge in [0, 0.05) is 30.1 Å². The SMILES string of the molecule is O=C(NCCCc1ccccc1)c1ccnc(O[C@@H]2CCSC2)c1. The molecule has 5 heteroatoms. The van der Waals surface area contributed by atoms with Crippen molar-refractivity contribution in [3.8, 4) is 5.88 Å². The summed E-state index contributed by atoms with van der Waals surface area (Å²) in [5.74, 6) is 2.60. The molecule has 0 bridgehead atoms. The molecule has 4 nitrogen and oxygen atoms in total. The lowest BCUT2D eigenvalue weighted by Gasteiger charge is -2.12. The average Bonchev–Trinajstić information content (AvgIpc) is 3.13. The first-order valence-electron chi connectivity index (χ1n) is 8.34. The fourth-order valence-electron chi connectivity index (χ4n) is 2.63. The van der Waals surface area contributed by atoms with E-state index in [9.17, 15) is 4.79 Å². The van der Waals surface area contributed by atoms with Gasteiger partial charge in [-0.2, -0.15) is 11.8 Å². The highest BCUT2D eigenvalue weighted by molar-refractivity contribution is 7.99. The molecule has 1 fully saturated rings. The predicted octanol–water partition coefficient (Wildman–Crippen LogP) is 3.33. The van der Waals surface area contributed by atoms with E-state index < -0.39 is 0 Å². The van der Waals surface area contributed by atoms with Crippen molar-refractivity contribution in [3.05, 3.63) is 59.8 Å². The first-order chi connectivity index (χ1) is 11.8. The van der Waals surface area contributed by atoms with Gasteiger partial charge in [-0.3, -0.25) is 4.79 Å². The summed E-state index contributed by atoms with van der Waals surface area (Å²) in [5, 5.41) is 2.96. The maximum absolute atomic E-state index is 12.2. The third kappa shape index (κ3) is 4.99. The molecule has 126 valence electrons. The van der Waals surface area contributed by atoms with Crippen LogP contribution in [0, 0.1) is 0 Å². The van der Waals surface area contributed by atoms with Crippen molar-refractivity contribution in [1.29, 1.82) is 0 Å². The second-order valence-corrected chi connectivity index (χ2v) is 6.98. The lowest BCUT2D eigenvalue weighted by molar-refractivity contribution is 0.0952. The van der Waals surface area contributed by atoms with Crippen LogP contribution in [-0.4, -0.2) is 35.0 Å². The number of carbonyl (C=O) groups excluding carboxylic acids is 1. The van der Waals surface area contributed by atoms with E-state index in [2.05, 4.69) is 22.4 Å². The highest BCUT2D eigenvalue weighted by Gasteiger charge is 2.18. The molecule has 0 radical (unpaired) electrons. The summed E-state index contributed by atoms with van der Waals surface area (Å²) in [6.07, 6.45) is 4.78. The van der Waals surface area contributed by atoms with Gasteiger partial charge in [-0.25, -0.2) is 4.98 Å². The van der Waals surface area contributed by atoms with Crippen molar-refractivity contribution in [2.24, 2.45) is 0 Å². The third-order valence-corrected chi connectivity index (χ3v) is 5.07. The van der Waals surface area contributed by atoms with E-state index in [1.807, 2.05) is 30.0 Å². The highest BCUT2D eigenvalue weighted by Crippen LogP contribution is 2.22. The highest BCUT2D eigenvalue weighted by atomic mass is 32.2. The number of nitrogens with one attached hydrogen (secondary N) is 1. The molecule has 0 unspecified atom stereocenters. The minimum absolute atomic E-state index is 0.0730. The van der Waals surface area contributed by atoms with Crippen LogP contribution in [0.3, 0.4) is 0 Å². The number of rotatable bonds is 7. The molecule has 24 heavy (non-hydrogen) atoms. The van der Waals surface area contributed by atoms with Crippen LogP contribution in [-0.2, 0) is 6.42 Å². The number of ether oxygens (including phenoxy) is 1. The Morgan fingerprint density at radius 3 is 2.96 bits per heavy atom. The van der Waals surface area contributed by atoms with Crippen molar-refractivity contribution in [2.75, 3.05) is 18.1 Å². The minimum atomic E-state index is -0.0730. The maximum Gasteiger partial charge on any atom is 0.251 e. The van der Waals surface area contributed by atoms with Crippen LogP contribution in [0.1, 0.15) is 28.8 Å². The monoisotopic (exact) mass is 342 g/mol. The third-order valence-electron chi connectivity index (χ3n) is 3.94. The van der Waals surface area contributed by atoms with Crippen LogP contribution in [0.2, 0.25) is 0 Å². The van der Waals surface area contributed by atoms with Gasteiger partial charge in [0.15, 0.2) is 0 Å². The van der Waals surface area contributed by atoms with Gasteiger partial charge in [0.2, 0.25) is 5.88 Å². The molecule has 1 aliphatic rings. The molecule has 1 aromatic carbocycles. The van der Waals surface area contributed by atoms with Gasteiger partial charge >= 0.3 is 0 Å². The van der Waals surface area contributed by atoms with E-state index in [0.717, 1.165) is 30.8 Å².